The molecule has 0 radical (unpaired) electrons. The van der Waals surface area contributed by atoms with Gasteiger partial charge < -0.3 is 14.9 Å². The van der Waals surface area contributed by atoms with Gasteiger partial charge in [0.1, 0.15) is 10.6 Å². The second kappa shape index (κ2) is 6.23. The van der Waals surface area contributed by atoms with E-state index in [0.29, 0.717) is 0 Å². The Morgan fingerprint density at radius 1 is 1.41 bits per heavy atom. The van der Waals surface area contributed by atoms with Gasteiger partial charge in [0.15, 0.2) is 0 Å². The van der Waals surface area contributed by atoms with E-state index in [9.17, 15) is 18.3 Å². The lowest BCUT2D eigenvalue weighted by molar-refractivity contribution is -0.147. The Morgan fingerprint density at radius 3 is 2.64 bits per heavy atom. The van der Waals surface area contributed by atoms with Crippen LogP contribution in [0.2, 0.25) is 0 Å². The van der Waals surface area contributed by atoms with Crippen LogP contribution in [-0.2, 0) is 14.8 Å². The zero-order valence-electron chi connectivity index (χ0n) is 12.4. The number of carboxylic acid groups (broad SMARTS) is 1. The van der Waals surface area contributed by atoms with Gasteiger partial charge in [0.2, 0.25) is 10.0 Å². The third-order valence-corrected chi connectivity index (χ3v) is 5.69. The van der Waals surface area contributed by atoms with Crippen molar-refractivity contribution in [3.63, 3.8) is 0 Å². The number of sulfonamides is 1. The molecule has 2 N–H and O–H groups in total. The highest BCUT2D eigenvalue weighted by molar-refractivity contribution is 7.89. The Kier molecular flexibility index (Phi) is 4.74. The highest BCUT2D eigenvalue weighted by atomic mass is 32.2. The topological polar surface area (TPSA) is 104 Å². The molecule has 8 heteroatoms. The van der Waals surface area contributed by atoms with Gasteiger partial charge in [0.05, 0.1) is 19.1 Å². The van der Waals surface area contributed by atoms with Crippen molar-refractivity contribution in [2.75, 3.05) is 20.2 Å². The molecule has 0 bridgehead atoms. The number of aliphatic carboxylic acids is 1. The number of carboxylic acids is 1. The summed E-state index contributed by atoms with van der Waals surface area (Å²) in [6.07, 6.45) is -1.15. The Bertz CT molecular complexity index is 672. The molecule has 7 nitrogen and oxygen atoms in total. The number of piperidine rings is 1. The lowest BCUT2D eigenvalue weighted by Gasteiger charge is -2.33. The summed E-state index contributed by atoms with van der Waals surface area (Å²) in [5.41, 5.74) is 0.764. The van der Waals surface area contributed by atoms with E-state index in [0.717, 1.165) is 9.87 Å². The van der Waals surface area contributed by atoms with Crippen LogP contribution in [0.25, 0.3) is 0 Å². The average molecular weight is 329 g/mol. The molecule has 22 heavy (non-hydrogen) atoms. The highest BCUT2D eigenvalue weighted by Crippen LogP contribution is 2.30. The lowest BCUT2D eigenvalue weighted by atomic mass is 9.95. The number of hydrogen-bond donors (Lipinski definition) is 2. The summed E-state index contributed by atoms with van der Waals surface area (Å²) in [7, 11) is -2.47. The molecule has 0 aromatic heterocycles. The van der Waals surface area contributed by atoms with E-state index in [1.165, 1.54) is 13.2 Å². The third-order valence-electron chi connectivity index (χ3n) is 3.80. The van der Waals surface area contributed by atoms with E-state index < -0.39 is 28.0 Å². The molecule has 122 valence electrons. The van der Waals surface area contributed by atoms with E-state index >= 15 is 0 Å². The van der Waals surface area contributed by atoms with Crippen molar-refractivity contribution in [1.82, 2.24) is 4.31 Å². The Labute approximate surface area is 129 Å². The molecule has 0 spiro atoms. The molecule has 1 aliphatic rings. The third kappa shape index (κ3) is 3.08. The molecule has 1 aliphatic heterocycles. The van der Waals surface area contributed by atoms with Crippen molar-refractivity contribution in [2.24, 2.45) is 5.92 Å². The van der Waals surface area contributed by atoms with Gasteiger partial charge in [0.25, 0.3) is 0 Å². The Balaban J connectivity index is 2.32. The van der Waals surface area contributed by atoms with Gasteiger partial charge in [-0.15, -0.1) is 0 Å². The molecule has 0 aliphatic carbocycles. The number of benzene rings is 1. The quantitative estimate of drug-likeness (QED) is 0.831. The first kappa shape index (κ1) is 16.7. The number of rotatable bonds is 4. The summed E-state index contributed by atoms with van der Waals surface area (Å²) >= 11 is 0. The lowest BCUT2D eigenvalue weighted by Crippen LogP contribution is -2.48. The van der Waals surface area contributed by atoms with Crippen LogP contribution in [0.4, 0.5) is 0 Å². The van der Waals surface area contributed by atoms with Crippen molar-refractivity contribution < 1.29 is 28.2 Å². The van der Waals surface area contributed by atoms with Crippen molar-refractivity contribution >= 4 is 16.0 Å². The number of aliphatic hydroxyl groups excluding tert-OH is 1. The second-order valence-corrected chi connectivity index (χ2v) is 7.22. The Morgan fingerprint density at radius 2 is 2.09 bits per heavy atom. The van der Waals surface area contributed by atoms with Gasteiger partial charge in [0, 0.05) is 13.1 Å². The molecule has 1 aromatic rings. The minimum Gasteiger partial charge on any atom is -0.495 e. The number of β-amino-alcohol motifs (C(OH)–C–C–N with tert-alkyl or cyclic N) is 1. The van der Waals surface area contributed by atoms with Crippen LogP contribution in [0, 0.1) is 12.8 Å². The summed E-state index contributed by atoms with van der Waals surface area (Å²) in [5.74, 6) is -1.83. The van der Waals surface area contributed by atoms with E-state index in [1.54, 1.807) is 19.1 Å². The molecule has 1 saturated heterocycles. The van der Waals surface area contributed by atoms with E-state index in [4.69, 9.17) is 9.84 Å². The number of hydrogen-bond acceptors (Lipinski definition) is 5. The fourth-order valence-electron chi connectivity index (χ4n) is 2.53. The molecule has 2 rings (SSSR count). The van der Waals surface area contributed by atoms with E-state index in [1.807, 2.05) is 0 Å². The first-order chi connectivity index (χ1) is 10.3. The maximum Gasteiger partial charge on any atom is 0.309 e. The summed E-state index contributed by atoms with van der Waals surface area (Å²) in [6.45, 7) is 1.58. The minimum absolute atomic E-state index is 0.0241. The second-order valence-electron chi connectivity index (χ2n) is 5.32. The molecule has 1 aromatic carbocycles. The van der Waals surface area contributed by atoms with E-state index in [2.05, 4.69) is 0 Å². The predicted octanol–water partition coefficient (Wildman–Crippen LogP) is 0.460. The molecule has 0 saturated carbocycles. The fraction of sp³-hybridized carbons (Fsp3) is 0.500. The summed E-state index contributed by atoms with van der Waals surface area (Å²) in [6, 6.07) is 4.82. The summed E-state index contributed by atoms with van der Waals surface area (Å²) < 4.78 is 31.7. The number of nitrogens with zero attached hydrogens (tertiary/aromatic N) is 1. The molecular formula is C14H19NO6S. The maximum atomic E-state index is 12.7. The molecule has 1 fully saturated rings. The van der Waals surface area contributed by atoms with Gasteiger partial charge in [-0.2, -0.15) is 4.31 Å². The summed E-state index contributed by atoms with van der Waals surface area (Å²) in [5, 5.41) is 18.9. The largest absolute Gasteiger partial charge is 0.495 e. The molecule has 0 amide bonds. The van der Waals surface area contributed by atoms with Gasteiger partial charge in [-0.05, 0) is 31.0 Å². The van der Waals surface area contributed by atoms with Gasteiger partial charge in [-0.1, -0.05) is 6.07 Å². The molecule has 0 unspecified atom stereocenters. The van der Waals surface area contributed by atoms with Crippen LogP contribution < -0.4 is 4.74 Å². The van der Waals surface area contributed by atoms with Crippen molar-refractivity contribution in [2.45, 2.75) is 24.3 Å². The maximum absolute atomic E-state index is 12.7. The Hall–Kier alpha value is -1.64. The molecule has 1 heterocycles. The SMILES string of the molecule is COc1ccc(C)cc1S(=O)(=O)N1CC[C@H](C(=O)O)[C@H](O)C1. The highest BCUT2D eigenvalue weighted by Gasteiger charge is 2.38. The van der Waals surface area contributed by atoms with E-state index in [-0.39, 0.29) is 30.2 Å². The van der Waals surface area contributed by atoms with Gasteiger partial charge >= 0.3 is 5.97 Å². The number of aryl methyl sites for hydroxylation is 1. The fourth-order valence-corrected chi connectivity index (χ4v) is 4.25. The zero-order valence-corrected chi connectivity index (χ0v) is 13.2. The van der Waals surface area contributed by atoms with Crippen molar-refractivity contribution in [1.29, 1.82) is 0 Å². The van der Waals surface area contributed by atoms with Crippen LogP contribution >= 0.6 is 0 Å². The van der Waals surface area contributed by atoms with Crippen molar-refractivity contribution in [3.8, 4) is 5.75 Å². The van der Waals surface area contributed by atoms with Crippen LogP contribution in [0.1, 0.15) is 12.0 Å². The predicted molar refractivity (Wildman–Crippen MR) is 78.2 cm³/mol. The number of ether oxygens (including phenoxy) is 1. The summed E-state index contributed by atoms with van der Waals surface area (Å²) in [4.78, 5) is 11.0. The van der Waals surface area contributed by atoms with Gasteiger partial charge in [-0.25, -0.2) is 8.42 Å². The normalized spacial score (nSPS) is 23.2. The van der Waals surface area contributed by atoms with Crippen LogP contribution in [0.3, 0.4) is 0 Å². The van der Waals surface area contributed by atoms with Crippen LogP contribution in [-0.4, -0.2) is 55.2 Å². The minimum atomic E-state index is -3.85. The smallest absolute Gasteiger partial charge is 0.309 e. The first-order valence-corrected chi connectivity index (χ1v) is 8.27. The van der Waals surface area contributed by atoms with Crippen LogP contribution in [0.15, 0.2) is 23.1 Å². The average Bonchev–Trinajstić information content (AvgIpc) is 2.46. The standard InChI is InChI=1S/C14H19NO6S/c1-9-3-4-12(21-2)13(7-9)22(19,20)15-6-5-10(14(17)18)11(16)8-15/h3-4,7,10-11,16H,5-6,8H2,1-2H3,(H,17,18)/t10-,11+/m0/s1. The monoisotopic (exact) mass is 329 g/mol. The molecule has 2 atom stereocenters. The van der Waals surface area contributed by atoms with Gasteiger partial charge in [-0.3, -0.25) is 4.79 Å². The van der Waals surface area contributed by atoms with Crippen LogP contribution in [0.5, 0.6) is 5.75 Å². The zero-order chi connectivity index (χ0) is 16.5. The van der Waals surface area contributed by atoms with Crippen molar-refractivity contribution in [3.05, 3.63) is 23.8 Å². The molecular weight excluding hydrogens is 310 g/mol. The number of carbonyl (C=O) groups is 1. The number of methoxy groups -OCH3 is 1. The number of aliphatic hydroxyl groups is 1. The first-order valence-electron chi connectivity index (χ1n) is 6.83.